The highest BCUT2D eigenvalue weighted by atomic mass is 35.5. The molecule has 10 heteroatoms. The summed E-state index contributed by atoms with van der Waals surface area (Å²) < 4.78 is 1.29. The van der Waals surface area contributed by atoms with Crippen LogP contribution >= 0.6 is 11.6 Å². The molecule has 0 spiro atoms. The van der Waals surface area contributed by atoms with Gasteiger partial charge in [0.05, 0.1) is 4.92 Å². The van der Waals surface area contributed by atoms with E-state index >= 15 is 0 Å². The number of piperazine rings is 1. The molecular weight excluding hydrogens is 386 g/mol. The van der Waals surface area contributed by atoms with Gasteiger partial charge in [0.25, 0.3) is 17.2 Å². The Morgan fingerprint density at radius 1 is 1.21 bits per heavy atom. The number of anilines is 1. The molecule has 0 atom stereocenters. The first-order valence-electron chi connectivity index (χ1n) is 8.97. The van der Waals surface area contributed by atoms with E-state index in [0.717, 1.165) is 6.42 Å². The average Bonchev–Trinajstić information content (AvgIpc) is 2.69. The molecule has 1 aromatic carbocycles. The Hall–Kier alpha value is -2.94. The molecular formula is C18H20ClN5O4. The minimum Gasteiger partial charge on any atom is -0.362 e. The lowest BCUT2D eigenvalue weighted by Gasteiger charge is -2.35. The minimum absolute atomic E-state index is 0.0550. The van der Waals surface area contributed by atoms with Crippen LogP contribution in [0, 0.1) is 10.1 Å². The number of carbonyl (C=O) groups is 1. The van der Waals surface area contributed by atoms with Crippen molar-refractivity contribution < 1.29 is 9.72 Å². The Morgan fingerprint density at radius 3 is 2.57 bits per heavy atom. The summed E-state index contributed by atoms with van der Waals surface area (Å²) in [7, 11) is 0. The predicted molar refractivity (Wildman–Crippen MR) is 105 cm³/mol. The number of nitro groups is 1. The molecule has 9 nitrogen and oxygen atoms in total. The lowest BCUT2D eigenvalue weighted by molar-refractivity contribution is -0.384. The molecule has 1 aliphatic rings. The zero-order chi connectivity index (χ0) is 20.3. The number of rotatable bonds is 5. The molecule has 0 N–H and O–H groups in total. The van der Waals surface area contributed by atoms with Crippen LogP contribution in [0.25, 0.3) is 0 Å². The topological polar surface area (TPSA) is 102 Å². The van der Waals surface area contributed by atoms with Crippen molar-refractivity contribution in [2.24, 2.45) is 0 Å². The summed E-state index contributed by atoms with van der Waals surface area (Å²) in [6.45, 7) is 4.07. The number of carbonyl (C=O) groups excluding carboxylic acids is 1. The SMILES string of the molecule is CCCn1nc(C(=O)N2CCN(c3ccc(Cl)cc3[N+](=O)[O-])CC2)ccc1=O. The number of benzene rings is 1. The van der Waals surface area contributed by atoms with E-state index in [0.29, 0.717) is 43.4 Å². The van der Waals surface area contributed by atoms with Crippen LogP contribution in [-0.4, -0.2) is 51.7 Å². The van der Waals surface area contributed by atoms with E-state index in [1.165, 1.54) is 22.9 Å². The molecule has 0 radical (unpaired) electrons. The summed E-state index contributed by atoms with van der Waals surface area (Å²) in [5.74, 6) is -0.255. The number of nitro benzene ring substituents is 1. The molecule has 1 aromatic heterocycles. The van der Waals surface area contributed by atoms with E-state index < -0.39 is 4.92 Å². The van der Waals surface area contributed by atoms with E-state index in [1.807, 2.05) is 11.8 Å². The van der Waals surface area contributed by atoms with Gasteiger partial charge in [0.15, 0.2) is 0 Å². The minimum atomic E-state index is -0.459. The Balaban J connectivity index is 1.72. The largest absolute Gasteiger partial charge is 0.362 e. The zero-order valence-electron chi connectivity index (χ0n) is 15.4. The Labute approximate surface area is 166 Å². The zero-order valence-corrected chi connectivity index (χ0v) is 16.1. The third kappa shape index (κ3) is 4.14. The van der Waals surface area contributed by atoms with Crippen LogP contribution in [-0.2, 0) is 6.54 Å². The van der Waals surface area contributed by atoms with Gasteiger partial charge in [-0.2, -0.15) is 5.10 Å². The second-order valence-electron chi connectivity index (χ2n) is 6.45. The van der Waals surface area contributed by atoms with Crippen LogP contribution < -0.4 is 10.5 Å². The standard InChI is InChI=1S/C18H20ClN5O4/c1-2-7-23-17(25)6-4-14(20-23)18(26)22-10-8-21(9-11-22)15-5-3-13(19)12-16(15)24(27)28/h3-6,12H,2,7-11H2,1H3. The molecule has 148 valence electrons. The summed E-state index contributed by atoms with van der Waals surface area (Å²) >= 11 is 5.87. The highest BCUT2D eigenvalue weighted by Gasteiger charge is 2.27. The maximum Gasteiger partial charge on any atom is 0.294 e. The normalized spacial score (nSPS) is 14.2. The number of nitrogens with zero attached hydrogens (tertiary/aromatic N) is 5. The Bertz CT molecular complexity index is 953. The maximum absolute atomic E-state index is 12.7. The predicted octanol–water partition coefficient (Wildman–Crippen LogP) is 2.18. The van der Waals surface area contributed by atoms with Crippen LogP contribution in [0.15, 0.2) is 35.1 Å². The van der Waals surface area contributed by atoms with Crippen molar-refractivity contribution in [3.8, 4) is 0 Å². The number of hydrogen-bond donors (Lipinski definition) is 0. The number of amides is 1. The fourth-order valence-corrected chi connectivity index (χ4v) is 3.32. The maximum atomic E-state index is 12.7. The number of halogens is 1. The number of aryl methyl sites for hydroxylation is 1. The van der Waals surface area contributed by atoms with Crippen molar-refractivity contribution in [2.75, 3.05) is 31.1 Å². The first kappa shape index (κ1) is 19.8. The average molecular weight is 406 g/mol. The molecule has 1 saturated heterocycles. The van der Waals surface area contributed by atoms with Gasteiger partial charge >= 0.3 is 0 Å². The molecule has 0 aliphatic carbocycles. The van der Waals surface area contributed by atoms with Gasteiger partial charge in [-0.15, -0.1) is 0 Å². The molecule has 28 heavy (non-hydrogen) atoms. The van der Waals surface area contributed by atoms with Gasteiger partial charge in [-0.25, -0.2) is 4.68 Å². The number of hydrogen-bond acceptors (Lipinski definition) is 6. The van der Waals surface area contributed by atoms with E-state index in [1.54, 1.807) is 17.0 Å². The lowest BCUT2D eigenvalue weighted by Crippen LogP contribution is -2.49. The van der Waals surface area contributed by atoms with E-state index in [2.05, 4.69) is 5.10 Å². The van der Waals surface area contributed by atoms with Crippen molar-refractivity contribution in [2.45, 2.75) is 19.9 Å². The van der Waals surface area contributed by atoms with E-state index in [4.69, 9.17) is 11.6 Å². The third-order valence-corrected chi connectivity index (χ3v) is 4.80. The van der Waals surface area contributed by atoms with Gasteiger partial charge in [0.1, 0.15) is 11.4 Å². The summed E-state index contributed by atoms with van der Waals surface area (Å²) in [4.78, 5) is 38.9. The van der Waals surface area contributed by atoms with Crippen molar-refractivity contribution in [1.29, 1.82) is 0 Å². The molecule has 2 aromatic rings. The second-order valence-corrected chi connectivity index (χ2v) is 6.89. The smallest absolute Gasteiger partial charge is 0.294 e. The molecule has 3 rings (SSSR count). The molecule has 0 saturated carbocycles. The summed E-state index contributed by atoms with van der Waals surface area (Å²) in [6, 6.07) is 7.36. The molecule has 1 aliphatic heterocycles. The lowest BCUT2D eigenvalue weighted by atomic mass is 10.2. The second kappa shape index (κ2) is 8.39. The van der Waals surface area contributed by atoms with Gasteiger partial charge < -0.3 is 9.80 Å². The van der Waals surface area contributed by atoms with Crippen molar-refractivity contribution in [3.63, 3.8) is 0 Å². The molecule has 0 bridgehead atoms. The first-order valence-corrected chi connectivity index (χ1v) is 9.35. The monoisotopic (exact) mass is 405 g/mol. The quantitative estimate of drug-likeness (QED) is 0.558. The molecule has 1 fully saturated rings. The first-order chi connectivity index (χ1) is 13.4. The number of aromatic nitrogens is 2. The fraction of sp³-hybridized carbons (Fsp3) is 0.389. The Morgan fingerprint density at radius 2 is 1.93 bits per heavy atom. The Kier molecular flexibility index (Phi) is 5.93. The van der Waals surface area contributed by atoms with Gasteiger partial charge in [0.2, 0.25) is 0 Å². The highest BCUT2D eigenvalue weighted by molar-refractivity contribution is 6.30. The van der Waals surface area contributed by atoms with E-state index in [9.17, 15) is 19.7 Å². The van der Waals surface area contributed by atoms with Gasteiger partial charge in [-0.1, -0.05) is 18.5 Å². The van der Waals surface area contributed by atoms with Crippen molar-refractivity contribution in [1.82, 2.24) is 14.7 Å². The molecule has 0 unspecified atom stereocenters. The summed E-state index contributed by atoms with van der Waals surface area (Å²) in [6.07, 6.45) is 0.739. The van der Waals surface area contributed by atoms with Crippen LogP contribution in [0.3, 0.4) is 0 Å². The highest BCUT2D eigenvalue weighted by Crippen LogP contribution is 2.31. The van der Waals surface area contributed by atoms with Crippen molar-refractivity contribution >= 4 is 28.9 Å². The van der Waals surface area contributed by atoms with E-state index in [-0.39, 0.29) is 22.8 Å². The van der Waals surface area contributed by atoms with Crippen molar-refractivity contribution in [3.05, 3.63) is 61.5 Å². The van der Waals surface area contributed by atoms with Crippen LogP contribution in [0.4, 0.5) is 11.4 Å². The van der Waals surface area contributed by atoms with Crippen LogP contribution in [0.2, 0.25) is 5.02 Å². The van der Waals surface area contributed by atoms with Gasteiger partial charge in [-0.3, -0.25) is 19.7 Å². The third-order valence-electron chi connectivity index (χ3n) is 4.56. The summed E-state index contributed by atoms with van der Waals surface area (Å²) in [5, 5.41) is 15.8. The van der Waals surface area contributed by atoms with Gasteiger partial charge in [0, 0.05) is 49.9 Å². The fourth-order valence-electron chi connectivity index (χ4n) is 3.16. The van der Waals surface area contributed by atoms with Crippen LogP contribution in [0.5, 0.6) is 0 Å². The van der Waals surface area contributed by atoms with Crippen LogP contribution in [0.1, 0.15) is 23.8 Å². The van der Waals surface area contributed by atoms with Gasteiger partial charge in [-0.05, 0) is 24.6 Å². The summed E-state index contributed by atoms with van der Waals surface area (Å²) in [5.41, 5.74) is 0.411. The molecule has 1 amide bonds. The molecule has 2 heterocycles.